The van der Waals surface area contributed by atoms with Crippen LogP contribution in [-0.2, 0) is 14.3 Å². The van der Waals surface area contributed by atoms with Crippen molar-refractivity contribution in [3.05, 3.63) is 45.6 Å². The van der Waals surface area contributed by atoms with Crippen LogP contribution in [0.4, 0.5) is 0 Å². The third-order valence-electron chi connectivity index (χ3n) is 3.67. The Morgan fingerprint density at radius 2 is 2.13 bits per heavy atom. The lowest BCUT2D eigenvalue weighted by atomic mass is 9.94. The molecule has 2 heterocycles. The summed E-state index contributed by atoms with van der Waals surface area (Å²) in [5.41, 5.74) is 1.89. The van der Waals surface area contributed by atoms with Gasteiger partial charge in [-0.15, -0.1) is 0 Å². The van der Waals surface area contributed by atoms with E-state index in [4.69, 9.17) is 4.74 Å². The number of halogens is 1. The van der Waals surface area contributed by atoms with Crippen LogP contribution < -0.4 is 0 Å². The summed E-state index contributed by atoms with van der Waals surface area (Å²) in [4.78, 5) is 30.8. The lowest BCUT2D eigenvalue weighted by Gasteiger charge is -2.32. The summed E-state index contributed by atoms with van der Waals surface area (Å²) >= 11 is 4.80. The van der Waals surface area contributed by atoms with Crippen molar-refractivity contribution in [2.75, 3.05) is 12.4 Å². The number of fused-ring (bicyclic) bond motifs is 1. The molecule has 0 bridgehead atoms. The molecule has 1 aromatic carbocycles. The molecule has 5 nitrogen and oxygen atoms in total. The van der Waals surface area contributed by atoms with Crippen molar-refractivity contribution in [2.45, 2.75) is 19.9 Å². The fourth-order valence-corrected chi connectivity index (χ4v) is 3.88. The highest BCUT2D eigenvalue weighted by molar-refractivity contribution is 9.10. The molecule has 2 aliphatic heterocycles. The molecular formula is C16H15BrN2O3S. The fraction of sp³-hybridized carbons (Fsp3) is 0.312. The Morgan fingerprint density at radius 1 is 1.43 bits per heavy atom. The van der Waals surface area contributed by atoms with Gasteiger partial charge in [0.1, 0.15) is 0 Å². The molecule has 1 atom stereocenters. The number of nitrogens with zero attached hydrogens (tertiary/aromatic N) is 2. The highest BCUT2D eigenvalue weighted by Crippen LogP contribution is 2.41. The maximum Gasteiger partial charge on any atom is 0.338 e. The Hall–Kier alpha value is -1.60. The summed E-state index contributed by atoms with van der Waals surface area (Å²) in [6.07, 6.45) is 0. The van der Waals surface area contributed by atoms with Crippen LogP contribution in [0.3, 0.4) is 0 Å². The summed E-state index contributed by atoms with van der Waals surface area (Å²) < 4.78 is 6.13. The topological polar surface area (TPSA) is 59.0 Å². The van der Waals surface area contributed by atoms with Crippen molar-refractivity contribution in [3.63, 3.8) is 0 Å². The Kier molecular flexibility index (Phi) is 4.59. The first-order chi connectivity index (χ1) is 11.0. The molecule has 2 aliphatic rings. The minimum Gasteiger partial charge on any atom is -0.463 e. The standard InChI is InChI=1S/C16H15BrN2O3S/c1-3-22-15(21)13-9(2)18-16-19(12(20)8-23-16)14(13)10-4-6-11(17)7-5-10/h4-7,14H,3,8H2,1-2H3/t14-/m1/s1. The molecule has 1 fully saturated rings. The fourth-order valence-electron chi connectivity index (χ4n) is 2.67. The molecule has 23 heavy (non-hydrogen) atoms. The molecule has 0 aromatic heterocycles. The molecule has 0 saturated carbocycles. The minimum absolute atomic E-state index is 0.0454. The molecular weight excluding hydrogens is 380 g/mol. The second-order valence-electron chi connectivity index (χ2n) is 5.12. The average Bonchev–Trinajstić information content (AvgIpc) is 2.88. The third kappa shape index (κ3) is 2.95. The van der Waals surface area contributed by atoms with Gasteiger partial charge in [-0.2, -0.15) is 0 Å². The predicted octanol–water partition coefficient (Wildman–Crippen LogP) is 3.27. The number of amidine groups is 1. The molecule has 0 spiro atoms. The van der Waals surface area contributed by atoms with Crippen molar-refractivity contribution < 1.29 is 14.3 Å². The largest absolute Gasteiger partial charge is 0.463 e. The summed E-state index contributed by atoms with van der Waals surface area (Å²) in [5, 5.41) is 0.647. The maximum atomic E-state index is 12.5. The number of thioether (sulfide) groups is 1. The van der Waals surface area contributed by atoms with Crippen molar-refractivity contribution in [1.29, 1.82) is 0 Å². The van der Waals surface area contributed by atoms with E-state index in [9.17, 15) is 9.59 Å². The predicted molar refractivity (Wildman–Crippen MR) is 93.0 cm³/mol. The van der Waals surface area contributed by atoms with E-state index in [0.717, 1.165) is 10.0 Å². The number of carbonyl (C=O) groups is 2. The van der Waals surface area contributed by atoms with Crippen molar-refractivity contribution >= 4 is 44.7 Å². The summed E-state index contributed by atoms with van der Waals surface area (Å²) in [7, 11) is 0. The smallest absolute Gasteiger partial charge is 0.338 e. The quantitative estimate of drug-likeness (QED) is 0.738. The van der Waals surface area contributed by atoms with Gasteiger partial charge in [-0.3, -0.25) is 9.69 Å². The lowest BCUT2D eigenvalue weighted by molar-refractivity contribution is -0.139. The SMILES string of the molecule is CCOC(=O)C1=C(C)N=C2SCC(=O)N2[C@@H]1c1ccc(Br)cc1. The van der Waals surface area contributed by atoms with Gasteiger partial charge in [-0.05, 0) is 31.5 Å². The second kappa shape index (κ2) is 6.49. The van der Waals surface area contributed by atoms with Gasteiger partial charge >= 0.3 is 5.97 Å². The first-order valence-corrected chi connectivity index (χ1v) is 8.97. The van der Waals surface area contributed by atoms with E-state index in [1.807, 2.05) is 24.3 Å². The van der Waals surface area contributed by atoms with E-state index < -0.39 is 12.0 Å². The zero-order valence-electron chi connectivity index (χ0n) is 12.7. The summed E-state index contributed by atoms with van der Waals surface area (Å²) in [5.74, 6) is -0.128. The Bertz CT molecular complexity index is 727. The molecule has 1 aromatic rings. The number of esters is 1. The number of benzene rings is 1. The number of hydrogen-bond donors (Lipinski definition) is 0. The summed E-state index contributed by atoms with van der Waals surface area (Å²) in [6.45, 7) is 3.82. The molecule has 0 unspecified atom stereocenters. The van der Waals surface area contributed by atoms with Crippen LogP contribution in [0, 0.1) is 0 Å². The van der Waals surface area contributed by atoms with Crippen LogP contribution in [-0.4, -0.2) is 34.3 Å². The second-order valence-corrected chi connectivity index (χ2v) is 6.98. The van der Waals surface area contributed by atoms with Crippen LogP contribution in [0.2, 0.25) is 0 Å². The monoisotopic (exact) mass is 394 g/mol. The minimum atomic E-state index is -0.489. The Balaban J connectivity index is 2.13. The van der Waals surface area contributed by atoms with Gasteiger partial charge in [0, 0.05) is 4.47 Å². The van der Waals surface area contributed by atoms with Gasteiger partial charge in [0.25, 0.3) is 0 Å². The number of hydrogen-bond acceptors (Lipinski definition) is 5. The van der Waals surface area contributed by atoms with Gasteiger partial charge in [-0.25, -0.2) is 9.79 Å². The van der Waals surface area contributed by atoms with Crippen molar-refractivity contribution in [3.8, 4) is 0 Å². The van der Waals surface area contributed by atoms with Crippen molar-refractivity contribution in [2.24, 2.45) is 4.99 Å². The lowest BCUT2D eigenvalue weighted by Crippen LogP contribution is -2.39. The number of rotatable bonds is 3. The van der Waals surface area contributed by atoms with Crippen LogP contribution >= 0.6 is 27.7 Å². The van der Waals surface area contributed by atoms with Gasteiger partial charge < -0.3 is 4.74 Å². The molecule has 0 radical (unpaired) electrons. The molecule has 1 amide bonds. The first-order valence-electron chi connectivity index (χ1n) is 7.19. The molecule has 3 rings (SSSR count). The number of aliphatic imine (C=N–C) groups is 1. The maximum absolute atomic E-state index is 12.5. The van der Waals surface area contributed by atoms with E-state index in [0.29, 0.717) is 22.2 Å². The Labute approximate surface area is 146 Å². The number of allylic oxidation sites excluding steroid dienone is 1. The van der Waals surface area contributed by atoms with Crippen molar-refractivity contribution in [1.82, 2.24) is 4.90 Å². The molecule has 7 heteroatoms. The van der Waals surface area contributed by atoms with Gasteiger partial charge in [0.15, 0.2) is 5.17 Å². The van der Waals surface area contributed by atoms with Gasteiger partial charge in [-0.1, -0.05) is 39.8 Å². The van der Waals surface area contributed by atoms with E-state index in [1.165, 1.54) is 11.8 Å². The number of amides is 1. The van der Waals surface area contributed by atoms with Crippen LogP contribution in [0.15, 0.2) is 45.0 Å². The molecule has 0 N–H and O–H groups in total. The third-order valence-corrected chi connectivity index (χ3v) is 5.13. The van der Waals surface area contributed by atoms with E-state index in [-0.39, 0.29) is 12.5 Å². The summed E-state index contributed by atoms with van der Waals surface area (Å²) in [6, 6.07) is 7.11. The zero-order valence-corrected chi connectivity index (χ0v) is 15.1. The zero-order chi connectivity index (χ0) is 16.6. The highest BCUT2D eigenvalue weighted by Gasteiger charge is 2.43. The van der Waals surface area contributed by atoms with Crippen LogP contribution in [0.25, 0.3) is 0 Å². The van der Waals surface area contributed by atoms with Crippen LogP contribution in [0.1, 0.15) is 25.5 Å². The molecule has 1 saturated heterocycles. The van der Waals surface area contributed by atoms with Gasteiger partial charge in [0.2, 0.25) is 5.91 Å². The number of ether oxygens (including phenoxy) is 1. The van der Waals surface area contributed by atoms with Gasteiger partial charge in [0.05, 0.1) is 29.7 Å². The van der Waals surface area contributed by atoms with E-state index >= 15 is 0 Å². The van der Waals surface area contributed by atoms with E-state index in [1.54, 1.807) is 18.7 Å². The first kappa shape index (κ1) is 16.3. The highest BCUT2D eigenvalue weighted by atomic mass is 79.9. The van der Waals surface area contributed by atoms with E-state index in [2.05, 4.69) is 20.9 Å². The normalized spacial score (nSPS) is 20.5. The van der Waals surface area contributed by atoms with Crippen LogP contribution in [0.5, 0.6) is 0 Å². The number of carbonyl (C=O) groups excluding carboxylic acids is 2. The molecule has 0 aliphatic carbocycles. The Morgan fingerprint density at radius 3 is 2.78 bits per heavy atom. The molecule has 120 valence electrons. The average molecular weight is 395 g/mol.